The van der Waals surface area contributed by atoms with E-state index in [0.29, 0.717) is 6.04 Å². The highest BCUT2D eigenvalue weighted by atomic mass is 15.0. The van der Waals surface area contributed by atoms with Crippen LogP contribution in [0.2, 0.25) is 0 Å². The van der Waals surface area contributed by atoms with Gasteiger partial charge in [-0.05, 0) is 37.4 Å². The smallest absolute Gasteiger partial charge is 0.0444 e. The first kappa shape index (κ1) is 12.6. The molecule has 0 spiro atoms. The molecule has 0 aliphatic heterocycles. The molecule has 17 heavy (non-hydrogen) atoms. The Bertz CT molecular complexity index is 327. The summed E-state index contributed by atoms with van der Waals surface area (Å²) in [5.41, 5.74) is 2.83. The van der Waals surface area contributed by atoms with Crippen LogP contribution in [-0.2, 0) is 6.42 Å². The molecule has 1 saturated carbocycles. The molecule has 1 aromatic carbocycles. The van der Waals surface area contributed by atoms with Crippen LogP contribution in [0, 0.1) is 0 Å². The molecule has 0 amide bonds. The third kappa shape index (κ3) is 3.83. The summed E-state index contributed by atoms with van der Waals surface area (Å²) in [5, 5.41) is 6.97. The summed E-state index contributed by atoms with van der Waals surface area (Å²) in [4.78, 5) is 0. The Labute approximate surface area is 105 Å². The van der Waals surface area contributed by atoms with Gasteiger partial charge in [0.15, 0.2) is 0 Å². The molecule has 1 aromatic rings. The van der Waals surface area contributed by atoms with Crippen LogP contribution in [0.15, 0.2) is 24.3 Å². The molecule has 1 fully saturated rings. The Morgan fingerprint density at radius 1 is 1.24 bits per heavy atom. The van der Waals surface area contributed by atoms with Crippen LogP contribution in [0.1, 0.15) is 43.4 Å². The summed E-state index contributed by atoms with van der Waals surface area (Å²) in [5.74, 6) is 0. The van der Waals surface area contributed by atoms with Crippen molar-refractivity contribution >= 4 is 0 Å². The van der Waals surface area contributed by atoms with Crippen molar-refractivity contribution in [3.63, 3.8) is 0 Å². The lowest BCUT2D eigenvalue weighted by Crippen LogP contribution is -2.30. The Balaban J connectivity index is 1.92. The SMILES string of the molecule is CCCc1ccc(C(CNC2CC2)NC)cc1. The van der Waals surface area contributed by atoms with Crippen molar-refractivity contribution < 1.29 is 0 Å². The lowest BCUT2D eigenvalue weighted by atomic mass is 10.0. The van der Waals surface area contributed by atoms with Crippen LogP contribution in [0.3, 0.4) is 0 Å². The third-order valence-corrected chi connectivity index (χ3v) is 3.46. The molecule has 0 radical (unpaired) electrons. The highest BCUT2D eigenvalue weighted by Gasteiger charge is 2.21. The lowest BCUT2D eigenvalue weighted by molar-refractivity contribution is 0.526. The van der Waals surface area contributed by atoms with E-state index in [4.69, 9.17) is 0 Å². The quantitative estimate of drug-likeness (QED) is 0.755. The monoisotopic (exact) mass is 232 g/mol. The second kappa shape index (κ2) is 6.18. The molecule has 2 nitrogen and oxygen atoms in total. The molecule has 0 aromatic heterocycles. The number of rotatable bonds is 7. The minimum Gasteiger partial charge on any atom is -0.312 e. The Morgan fingerprint density at radius 2 is 1.94 bits per heavy atom. The van der Waals surface area contributed by atoms with Gasteiger partial charge in [-0.15, -0.1) is 0 Å². The van der Waals surface area contributed by atoms with E-state index in [-0.39, 0.29) is 0 Å². The largest absolute Gasteiger partial charge is 0.312 e. The van der Waals surface area contributed by atoms with Crippen LogP contribution >= 0.6 is 0 Å². The van der Waals surface area contributed by atoms with Gasteiger partial charge in [-0.1, -0.05) is 37.6 Å². The van der Waals surface area contributed by atoms with E-state index in [1.54, 1.807) is 0 Å². The third-order valence-electron chi connectivity index (χ3n) is 3.46. The topological polar surface area (TPSA) is 24.1 Å². The van der Waals surface area contributed by atoms with Gasteiger partial charge >= 0.3 is 0 Å². The number of benzene rings is 1. The van der Waals surface area contributed by atoms with Gasteiger partial charge < -0.3 is 10.6 Å². The van der Waals surface area contributed by atoms with Crippen LogP contribution in [0.4, 0.5) is 0 Å². The normalized spacial score (nSPS) is 17.1. The van der Waals surface area contributed by atoms with Gasteiger partial charge in [0.1, 0.15) is 0 Å². The molecule has 2 heteroatoms. The summed E-state index contributed by atoms with van der Waals surface area (Å²) in [6, 6.07) is 10.3. The predicted octanol–water partition coefficient (Wildman–Crippen LogP) is 2.65. The van der Waals surface area contributed by atoms with Crippen molar-refractivity contribution in [2.24, 2.45) is 0 Å². The minimum atomic E-state index is 0.436. The number of aryl methyl sites for hydroxylation is 1. The zero-order chi connectivity index (χ0) is 12.1. The van der Waals surface area contributed by atoms with Gasteiger partial charge in [0.2, 0.25) is 0 Å². The Morgan fingerprint density at radius 3 is 2.47 bits per heavy atom. The molecular weight excluding hydrogens is 208 g/mol. The predicted molar refractivity (Wildman–Crippen MR) is 73.3 cm³/mol. The zero-order valence-electron chi connectivity index (χ0n) is 11.0. The average Bonchev–Trinajstić information content (AvgIpc) is 3.16. The van der Waals surface area contributed by atoms with Crippen molar-refractivity contribution in [1.82, 2.24) is 10.6 Å². The summed E-state index contributed by atoms with van der Waals surface area (Å²) in [6.45, 7) is 3.26. The molecule has 1 aliphatic carbocycles. The Kier molecular flexibility index (Phi) is 4.57. The molecular formula is C15H24N2. The maximum Gasteiger partial charge on any atom is 0.0444 e. The van der Waals surface area contributed by atoms with Crippen molar-refractivity contribution in [1.29, 1.82) is 0 Å². The summed E-state index contributed by atoms with van der Waals surface area (Å²) < 4.78 is 0. The molecule has 1 unspecified atom stereocenters. The molecule has 0 bridgehead atoms. The number of nitrogens with one attached hydrogen (secondary N) is 2. The molecule has 1 atom stereocenters. The standard InChI is InChI=1S/C15H24N2/c1-3-4-12-5-7-13(8-6-12)15(16-2)11-17-14-9-10-14/h5-8,14-17H,3-4,9-11H2,1-2H3. The molecule has 94 valence electrons. The van der Waals surface area contributed by atoms with Crippen LogP contribution in [-0.4, -0.2) is 19.6 Å². The van der Waals surface area contributed by atoms with E-state index in [9.17, 15) is 0 Å². The van der Waals surface area contributed by atoms with E-state index in [1.165, 1.54) is 36.8 Å². The fraction of sp³-hybridized carbons (Fsp3) is 0.600. The zero-order valence-corrected chi connectivity index (χ0v) is 11.0. The van der Waals surface area contributed by atoms with E-state index < -0.39 is 0 Å². The molecule has 2 rings (SSSR count). The number of likely N-dealkylation sites (N-methyl/N-ethyl adjacent to an activating group) is 1. The van der Waals surface area contributed by atoms with Crippen LogP contribution < -0.4 is 10.6 Å². The maximum atomic E-state index is 3.58. The van der Waals surface area contributed by atoms with Crippen molar-refractivity contribution in [3.8, 4) is 0 Å². The fourth-order valence-corrected chi connectivity index (χ4v) is 2.16. The summed E-state index contributed by atoms with van der Waals surface area (Å²) >= 11 is 0. The first-order valence-electron chi connectivity index (χ1n) is 6.83. The molecule has 0 saturated heterocycles. The van der Waals surface area contributed by atoms with Gasteiger partial charge in [-0.2, -0.15) is 0 Å². The maximum absolute atomic E-state index is 3.58. The van der Waals surface area contributed by atoms with Gasteiger partial charge in [0.05, 0.1) is 0 Å². The molecule has 2 N–H and O–H groups in total. The highest BCUT2D eigenvalue weighted by Crippen LogP contribution is 2.20. The summed E-state index contributed by atoms with van der Waals surface area (Å²) in [7, 11) is 2.04. The second-order valence-electron chi connectivity index (χ2n) is 5.02. The van der Waals surface area contributed by atoms with Gasteiger partial charge in [-0.3, -0.25) is 0 Å². The van der Waals surface area contributed by atoms with Gasteiger partial charge in [0.25, 0.3) is 0 Å². The highest BCUT2D eigenvalue weighted by molar-refractivity contribution is 5.25. The van der Waals surface area contributed by atoms with Gasteiger partial charge in [0, 0.05) is 18.6 Å². The average molecular weight is 232 g/mol. The Hall–Kier alpha value is -0.860. The summed E-state index contributed by atoms with van der Waals surface area (Å²) in [6.07, 6.45) is 5.11. The first-order valence-corrected chi connectivity index (χ1v) is 6.83. The van der Waals surface area contributed by atoms with E-state index in [2.05, 4.69) is 41.8 Å². The minimum absolute atomic E-state index is 0.436. The van der Waals surface area contributed by atoms with Crippen LogP contribution in [0.25, 0.3) is 0 Å². The van der Waals surface area contributed by atoms with Crippen LogP contribution in [0.5, 0.6) is 0 Å². The number of hydrogen-bond donors (Lipinski definition) is 2. The van der Waals surface area contributed by atoms with Gasteiger partial charge in [-0.25, -0.2) is 0 Å². The molecule has 0 heterocycles. The van der Waals surface area contributed by atoms with E-state index >= 15 is 0 Å². The van der Waals surface area contributed by atoms with Crippen molar-refractivity contribution in [2.45, 2.75) is 44.7 Å². The fourth-order valence-electron chi connectivity index (χ4n) is 2.16. The van der Waals surface area contributed by atoms with Crippen molar-refractivity contribution in [2.75, 3.05) is 13.6 Å². The first-order chi connectivity index (χ1) is 8.33. The van der Waals surface area contributed by atoms with E-state index in [0.717, 1.165) is 12.6 Å². The number of hydrogen-bond acceptors (Lipinski definition) is 2. The molecule has 1 aliphatic rings. The second-order valence-corrected chi connectivity index (χ2v) is 5.02. The van der Waals surface area contributed by atoms with E-state index in [1.807, 2.05) is 7.05 Å². The van der Waals surface area contributed by atoms with Crippen molar-refractivity contribution in [3.05, 3.63) is 35.4 Å². The lowest BCUT2D eigenvalue weighted by Gasteiger charge is -2.17.